The summed E-state index contributed by atoms with van der Waals surface area (Å²) in [6.07, 6.45) is 0. The molecule has 1 unspecified atom stereocenters. The Bertz CT molecular complexity index is 667. The normalized spacial score (nSPS) is 12.8. The lowest BCUT2D eigenvalue weighted by atomic mass is 10.2. The van der Waals surface area contributed by atoms with Crippen molar-refractivity contribution in [3.8, 4) is 11.5 Å². The van der Waals surface area contributed by atoms with E-state index in [-0.39, 0.29) is 0 Å². The summed E-state index contributed by atoms with van der Waals surface area (Å²) in [5.74, 6) is 0.609. The minimum absolute atomic E-state index is 0.301. The summed E-state index contributed by atoms with van der Waals surface area (Å²) in [5, 5.41) is 0. The van der Waals surface area contributed by atoms with Gasteiger partial charge in [0.1, 0.15) is 11.5 Å². The highest BCUT2D eigenvalue weighted by Crippen LogP contribution is 2.50. The predicted octanol–water partition coefficient (Wildman–Crippen LogP) is 4.87. The van der Waals surface area contributed by atoms with Gasteiger partial charge in [-0.3, -0.25) is 0 Å². The SMILES string of the molecule is Cc1ccc(OP(=O)(N=[N+]=[N-])Oc2ccccc2)cc1. The van der Waals surface area contributed by atoms with Crippen molar-refractivity contribution >= 4 is 7.75 Å². The van der Waals surface area contributed by atoms with Crippen LogP contribution in [0.3, 0.4) is 0 Å². The minimum Gasteiger partial charge on any atom is -0.411 e. The molecule has 0 bridgehead atoms. The lowest BCUT2D eigenvalue weighted by Crippen LogP contribution is -1.98. The van der Waals surface area contributed by atoms with Gasteiger partial charge < -0.3 is 9.05 Å². The summed E-state index contributed by atoms with van der Waals surface area (Å²) in [7, 11) is -3.97. The Labute approximate surface area is 116 Å². The minimum atomic E-state index is -3.97. The number of hydrogen-bond donors (Lipinski definition) is 0. The largest absolute Gasteiger partial charge is 0.525 e. The lowest BCUT2D eigenvalue weighted by molar-refractivity contribution is 0.387. The Morgan fingerprint density at radius 2 is 1.55 bits per heavy atom. The molecule has 0 aliphatic heterocycles. The first kappa shape index (κ1) is 14.0. The molecule has 0 spiro atoms. The Morgan fingerprint density at radius 3 is 2.10 bits per heavy atom. The maximum atomic E-state index is 12.4. The van der Waals surface area contributed by atoms with Crippen LogP contribution in [0.25, 0.3) is 10.4 Å². The molecule has 2 rings (SSSR count). The molecule has 2 aromatic carbocycles. The molecule has 0 heterocycles. The topological polar surface area (TPSA) is 84.3 Å². The van der Waals surface area contributed by atoms with Crippen LogP contribution >= 0.6 is 7.75 Å². The summed E-state index contributed by atoms with van der Waals surface area (Å²) < 4.78 is 22.8. The summed E-state index contributed by atoms with van der Waals surface area (Å²) in [6.45, 7) is 1.91. The van der Waals surface area contributed by atoms with Gasteiger partial charge in [0.2, 0.25) is 0 Å². The highest BCUT2D eigenvalue weighted by atomic mass is 31.2. The van der Waals surface area contributed by atoms with E-state index in [4.69, 9.17) is 14.6 Å². The van der Waals surface area contributed by atoms with E-state index >= 15 is 0 Å². The fraction of sp³-hybridized carbons (Fsp3) is 0.0769. The van der Waals surface area contributed by atoms with Gasteiger partial charge in [0, 0.05) is 9.80 Å². The second-order valence-electron chi connectivity index (χ2n) is 3.96. The Balaban J connectivity index is 2.23. The van der Waals surface area contributed by atoms with Crippen LogP contribution in [0.4, 0.5) is 0 Å². The number of aryl methyl sites for hydroxylation is 1. The zero-order chi connectivity index (χ0) is 14.4. The van der Waals surface area contributed by atoms with Crippen LogP contribution in [0.2, 0.25) is 0 Å². The first-order valence-electron chi connectivity index (χ1n) is 5.79. The van der Waals surface area contributed by atoms with Gasteiger partial charge in [0.25, 0.3) is 0 Å². The molecule has 102 valence electrons. The first-order valence-corrected chi connectivity index (χ1v) is 7.28. The van der Waals surface area contributed by atoms with Crippen LogP contribution in [-0.2, 0) is 4.57 Å². The average molecular weight is 289 g/mol. The van der Waals surface area contributed by atoms with Gasteiger partial charge in [-0.25, -0.2) is 4.57 Å². The molecule has 7 heteroatoms. The molecule has 0 amide bonds. The van der Waals surface area contributed by atoms with Gasteiger partial charge in [-0.2, -0.15) is 0 Å². The van der Waals surface area contributed by atoms with Crippen LogP contribution in [0, 0.1) is 6.92 Å². The summed E-state index contributed by atoms with van der Waals surface area (Å²) in [6, 6.07) is 15.2. The van der Waals surface area contributed by atoms with Crippen LogP contribution in [0.1, 0.15) is 5.56 Å². The van der Waals surface area contributed by atoms with Crippen LogP contribution in [0.15, 0.2) is 59.5 Å². The molecule has 0 saturated carbocycles. The van der Waals surface area contributed by atoms with E-state index in [1.165, 1.54) is 0 Å². The van der Waals surface area contributed by atoms with E-state index in [1.54, 1.807) is 54.6 Å². The van der Waals surface area contributed by atoms with Crippen molar-refractivity contribution in [2.24, 2.45) is 4.88 Å². The molecular weight excluding hydrogens is 277 g/mol. The summed E-state index contributed by atoms with van der Waals surface area (Å²) in [5.41, 5.74) is 9.56. The molecule has 0 saturated heterocycles. The fourth-order valence-electron chi connectivity index (χ4n) is 1.45. The standard InChI is InChI=1S/C13H12N3O3P/c1-11-7-9-13(10-8-11)19-20(17,16-15-14)18-12-5-3-2-4-6-12/h2-10H,1H3. The van der Waals surface area contributed by atoms with Crippen LogP contribution in [0.5, 0.6) is 11.5 Å². The van der Waals surface area contributed by atoms with E-state index < -0.39 is 7.75 Å². The fourth-order valence-corrected chi connectivity index (χ4v) is 2.44. The second kappa shape index (κ2) is 6.15. The first-order chi connectivity index (χ1) is 9.61. The quantitative estimate of drug-likeness (QED) is 0.340. The molecule has 0 aliphatic rings. The molecule has 0 N–H and O–H groups in total. The highest BCUT2D eigenvalue weighted by Gasteiger charge is 2.26. The summed E-state index contributed by atoms with van der Waals surface area (Å²) >= 11 is 0. The summed E-state index contributed by atoms with van der Waals surface area (Å²) in [4.78, 5) is 5.69. The number of hydrogen-bond acceptors (Lipinski definition) is 3. The zero-order valence-electron chi connectivity index (χ0n) is 10.7. The predicted molar refractivity (Wildman–Crippen MR) is 75.6 cm³/mol. The van der Waals surface area contributed by atoms with Crippen LogP contribution in [-0.4, -0.2) is 0 Å². The van der Waals surface area contributed by atoms with Crippen molar-refractivity contribution in [2.45, 2.75) is 6.92 Å². The molecule has 2 aromatic rings. The van der Waals surface area contributed by atoms with E-state index in [1.807, 2.05) is 6.92 Å². The van der Waals surface area contributed by atoms with E-state index in [0.717, 1.165) is 5.56 Å². The zero-order valence-corrected chi connectivity index (χ0v) is 11.6. The Kier molecular flexibility index (Phi) is 4.31. The van der Waals surface area contributed by atoms with Gasteiger partial charge >= 0.3 is 7.75 Å². The molecule has 1 atom stereocenters. The van der Waals surface area contributed by atoms with Gasteiger partial charge in [0.15, 0.2) is 0 Å². The van der Waals surface area contributed by atoms with Crippen LogP contribution < -0.4 is 9.05 Å². The van der Waals surface area contributed by atoms with Gasteiger partial charge in [-0.05, 0) is 36.7 Å². The maximum Gasteiger partial charge on any atom is 0.525 e. The molecule has 20 heavy (non-hydrogen) atoms. The van der Waals surface area contributed by atoms with Gasteiger partial charge in [-0.15, -0.1) is 0 Å². The van der Waals surface area contributed by atoms with Crippen molar-refractivity contribution < 1.29 is 13.6 Å². The van der Waals surface area contributed by atoms with Crippen molar-refractivity contribution in [2.75, 3.05) is 0 Å². The molecule has 0 radical (unpaired) electrons. The molecule has 0 fully saturated rings. The van der Waals surface area contributed by atoms with Crippen molar-refractivity contribution in [3.05, 3.63) is 70.6 Å². The maximum absolute atomic E-state index is 12.4. The number of benzene rings is 2. The van der Waals surface area contributed by atoms with E-state index in [9.17, 15) is 4.57 Å². The van der Waals surface area contributed by atoms with Gasteiger partial charge in [0.05, 0.1) is 0 Å². The number of nitrogens with zero attached hydrogens (tertiary/aromatic N) is 3. The monoisotopic (exact) mass is 289 g/mol. The lowest BCUT2D eigenvalue weighted by Gasteiger charge is -2.15. The number of azide groups is 1. The number of rotatable bonds is 5. The molecule has 6 nitrogen and oxygen atoms in total. The third-order valence-electron chi connectivity index (χ3n) is 2.36. The smallest absolute Gasteiger partial charge is 0.411 e. The molecule has 0 aliphatic carbocycles. The van der Waals surface area contributed by atoms with E-state index in [0.29, 0.717) is 11.5 Å². The number of para-hydroxylation sites is 1. The third-order valence-corrected chi connectivity index (χ3v) is 3.54. The van der Waals surface area contributed by atoms with E-state index in [2.05, 4.69) is 9.80 Å². The second-order valence-corrected chi connectivity index (χ2v) is 5.44. The average Bonchev–Trinajstić information content (AvgIpc) is 2.42. The Morgan fingerprint density at radius 1 is 1.00 bits per heavy atom. The molecule has 0 aromatic heterocycles. The third kappa shape index (κ3) is 3.79. The van der Waals surface area contributed by atoms with Gasteiger partial charge in [-0.1, -0.05) is 35.9 Å². The Hall–Kier alpha value is -2.42. The van der Waals surface area contributed by atoms with Crippen molar-refractivity contribution in [3.63, 3.8) is 0 Å². The molecular formula is C13H12N3O3P. The van der Waals surface area contributed by atoms with Crippen molar-refractivity contribution in [1.82, 2.24) is 0 Å². The highest BCUT2D eigenvalue weighted by molar-refractivity contribution is 7.53. The van der Waals surface area contributed by atoms with Crippen molar-refractivity contribution in [1.29, 1.82) is 0 Å².